The maximum Gasteiger partial charge on any atom is 0.257 e. The van der Waals surface area contributed by atoms with Crippen LogP contribution < -0.4 is 5.32 Å². The standard InChI is InChI=1S/C17H10ClN3OS2/c18-12-4-2-1-3-11(12)14-8-23-17(20-14)21-16(22)10-5-6-13-15(7-10)24-9-19-13/h1-9H,(H,20,21,22). The van der Waals surface area contributed by atoms with E-state index in [-0.39, 0.29) is 5.91 Å². The second kappa shape index (κ2) is 6.32. The Morgan fingerprint density at radius 3 is 2.88 bits per heavy atom. The third-order valence-corrected chi connectivity index (χ3v) is 5.35. The molecule has 0 aliphatic carbocycles. The summed E-state index contributed by atoms with van der Waals surface area (Å²) in [5.74, 6) is -0.189. The Morgan fingerprint density at radius 1 is 1.12 bits per heavy atom. The summed E-state index contributed by atoms with van der Waals surface area (Å²) in [4.78, 5) is 21.1. The maximum absolute atomic E-state index is 12.4. The molecule has 0 aliphatic rings. The van der Waals surface area contributed by atoms with Crippen LogP contribution in [0.3, 0.4) is 0 Å². The summed E-state index contributed by atoms with van der Waals surface area (Å²) in [6.45, 7) is 0. The molecule has 0 saturated carbocycles. The van der Waals surface area contributed by atoms with Crippen LogP contribution in [0.1, 0.15) is 10.4 Å². The first-order valence-corrected chi connectivity index (χ1v) is 9.19. The monoisotopic (exact) mass is 371 g/mol. The zero-order valence-electron chi connectivity index (χ0n) is 12.2. The van der Waals surface area contributed by atoms with Crippen LogP contribution in [0.15, 0.2) is 53.4 Å². The summed E-state index contributed by atoms with van der Waals surface area (Å²) < 4.78 is 0.985. The van der Waals surface area contributed by atoms with Crippen molar-refractivity contribution in [3.8, 4) is 11.3 Å². The highest BCUT2D eigenvalue weighted by molar-refractivity contribution is 7.16. The summed E-state index contributed by atoms with van der Waals surface area (Å²) in [7, 11) is 0. The van der Waals surface area contributed by atoms with E-state index in [9.17, 15) is 4.79 Å². The van der Waals surface area contributed by atoms with Gasteiger partial charge in [0, 0.05) is 21.5 Å². The summed E-state index contributed by atoms with van der Waals surface area (Å²) in [6, 6.07) is 12.9. The lowest BCUT2D eigenvalue weighted by molar-refractivity contribution is 0.102. The molecule has 0 spiro atoms. The largest absolute Gasteiger partial charge is 0.298 e. The first-order valence-electron chi connectivity index (χ1n) is 7.06. The van der Waals surface area contributed by atoms with Crippen molar-refractivity contribution in [3.05, 3.63) is 63.9 Å². The number of nitrogens with zero attached hydrogens (tertiary/aromatic N) is 2. The summed E-state index contributed by atoms with van der Waals surface area (Å²) in [5.41, 5.74) is 4.84. The van der Waals surface area contributed by atoms with Crippen molar-refractivity contribution < 1.29 is 4.79 Å². The molecule has 1 N–H and O–H groups in total. The van der Waals surface area contributed by atoms with E-state index in [0.29, 0.717) is 15.7 Å². The van der Waals surface area contributed by atoms with Crippen LogP contribution in [-0.2, 0) is 0 Å². The minimum absolute atomic E-state index is 0.189. The van der Waals surface area contributed by atoms with Gasteiger partial charge in [-0.2, -0.15) is 0 Å². The smallest absolute Gasteiger partial charge is 0.257 e. The number of rotatable bonds is 3. The molecule has 4 rings (SSSR count). The van der Waals surface area contributed by atoms with Crippen LogP contribution in [0, 0.1) is 0 Å². The van der Waals surface area contributed by atoms with Crippen LogP contribution in [0.2, 0.25) is 5.02 Å². The number of hydrogen-bond acceptors (Lipinski definition) is 5. The van der Waals surface area contributed by atoms with Crippen LogP contribution in [0.25, 0.3) is 21.5 Å². The minimum Gasteiger partial charge on any atom is -0.298 e. The Labute approximate surface area is 150 Å². The van der Waals surface area contributed by atoms with E-state index >= 15 is 0 Å². The van der Waals surface area contributed by atoms with Crippen LogP contribution in [-0.4, -0.2) is 15.9 Å². The fraction of sp³-hybridized carbons (Fsp3) is 0. The molecule has 0 fully saturated rings. The van der Waals surface area contributed by atoms with E-state index in [1.165, 1.54) is 22.7 Å². The van der Waals surface area contributed by atoms with Gasteiger partial charge in [0.25, 0.3) is 5.91 Å². The van der Waals surface area contributed by atoms with E-state index in [1.807, 2.05) is 41.8 Å². The van der Waals surface area contributed by atoms with Crippen molar-refractivity contribution in [2.45, 2.75) is 0 Å². The van der Waals surface area contributed by atoms with Gasteiger partial charge >= 0.3 is 0 Å². The number of amides is 1. The van der Waals surface area contributed by atoms with Gasteiger partial charge in [-0.05, 0) is 24.3 Å². The van der Waals surface area contributed by atoms with Gasteiger partial charge in [-0.15, -0.1) is 22.7 Å². The molecule has 0 atom stereocenters. The average molecular weight is 372 g/mol. The number of thiazole rings is 2. The molecule has 7 heteroatoms. The highest BCUT2D eigenvalue weighted by Crippen LogP contribution is 2.30. The Kier molecular flexibility index (Phi) is 4.02. The molecule has 2 heterocycles. The first-order chi connectivity index (χ1) is 11.7. The second-order valence-electron chi connectivity index (χ2n) is 5.01. The molecule has 2 aromatic heterocycles. The van der Waals surface area contributed by atoms with E-state index in [1.54, 1.807) is 11.6 Å². The van der Waals surface area contributed by atoms with Crippen molar-refractivity contribution in [1.82, 2.24) is 9.97 Å². The van der Waals surface area contributed by atoms with Crippen LogP contribution in [0.4, 0.5) is 5.13 Å². The fourth-order valence-electron chi connectivity index (χ4n) is 2.29. The zero-order chi connectivity index (χ0) is 16.5. The van der Waals surface area contributed by atoms with Crippen molar-refractivity contribution in [1.29, 1.82) is 0 Å². The molecule has 4 nitrogen and oxygen atoms in total. The second-order valence-corrected chi connectivity index (χ2v) is 7.16. The van der Waals surface area contributed by atoms with Crippen molar-refractivity contribution >= 4 is 55.5 Å². The molecule has 24 heavy (non-hydrogen) atoms. The van der Waals surface area contributed by atoms with Crippen molar-refractivity contribution in [2.75, 3.05) is 5.32 Å². The van der Waals surface area contributed by atoms with Gasteiger partial charge < -0.3 is 0 Å². The highest BCUT2D eigenvalue weighted by Gasteiger charge is 2.12. The van der Waals surface area contributed by atoms with Gasteiger partial charge in [0.15, 0.2) is 5.13 Å². The van der Waals surface area contributed by atoms with Gasteiger partial charge in [0.05, 0.1) is 21.4 Å². The number of benzene rings is 2. The summed E-state index contributed by atoms with van der Waals surface area (Å²) in [5, 5.41) is 5.89. The molecule has 0 aliphatic heterocycles. The third kappa shape index (κ3) is 2.91. The molecule has 0 unspecified atom stereocenters. The molecule has 0 radical (unpaired) electrons. The number of carbonyl (C=O) groups excluding carboxylic acids is 1. The van der Waals surface area contributed by atoms with E-state index in [4.69, 9.17) is 11.6 Å². The molecular formula is C17H10ClN3OS2. The molecule has 0 bridgehead atoms. The predicted molar refractivity (Wildman–Crippen MR) is 100 cm³/mol. The Morgan fingerprint density at radius 2 is 2.00 bits per heavy atom. The third-order valence-electron chi connectivity index (χ3n) is 3.47. The molecular weight excluding hydrogens is 362 g/mol. The topological polar surface area (TPSA) is 54.9 Å². The predicted octanol–water partition coefficient (Wildman–Crippen LogP) is 5.33. The van der Waals surface area contributed by atoms with Crippen molar-refractivity contribution in [2.24, 2.45) is 0 Å². The van der Waals surface area contributed by atoms with E-state index in [2.05, 4.69) is 15.3 Å². The molecule has 2 aromatic carbocycles. The summed E-state index contributed by atoms with van der Waals surface area (Å²) in [6.07, 6.45) is 0. The number of halogens is 1. The lowest BCUT2D eigenvalue weighted by Gasteiger charge is -2.02. The van der Waals surface area contributed by atoms with Crippen molar-refractivity contribution in [3.63, 3.8) is 0 Å². The van der Waals surface area contributed by atoms with Gasteiger partial charge in [0.2, 0.25) is 0 Å². The number of aromatic nitrogens is 2. The Hall–Kier alpha value is -2.28. The SMILES string of the molecule is O=C(Nc1nc(-c2ccccc2Cl)cs1)c1ccc2ncsc2c1. The molecule has 0 saturated heterocycles. The molecule has 4 aromatic rings. The van der Waals surface area contributed by atoms with Gasteiger partial charge in [-0.25, -0.2) is 9.97 Å². The van der Waals surface area contributed by atoms with Crippen LogP contribution >= 0.6 is 34.3 Å². The number of carbonyl (C=O) groups is 1. The Balaban J connectivity index is 1.57. The number of hydrogen-bond donors (Lipinski definition) is 1. The normalized spacial score (nSPS) is 10.9. The van der Waals surface area contributed by atoms with Gasteiger partial charge in [0.1, 0.15) is 0 Å². The zero-order valence-corrected chi connectivity index (χ0v) is 14.6. The van der Waals surface area contributed by atoms with Crippen LogP contribution in [0.5, 0.6) is 0 Å². The number of anilines is 1. The minimum atomic E-state index is -0.189. The summed E-state index contributed by atoms with van der Waals surface area (Å²) >= 11 is 9.07. The Bertz CT molecular complexity index is 1040. The quantitative estimate of drug-likeness (QED) is 0.529. The molecule has 1 amide bonds. The highest BCUT2D eigenvalue weighted by atomic mass is 35.5. The average Bonchev–Trinajstić information content (AvgIpc) is 3.23. The van der Waals surface area contributed by atoms with Gasteiger partial charge in [-0.1, -0.05) is 29.8 Å². The lowest BCUT2D eigenvalue weighted by Crippen LogP contribution is -2.11. The first kappa shape index (κ1) is 15.3. The van der Waals surface area contributed by atoms with Gasteiger partial charge in [-0.3, -0.25) is 10.1 Å². The van der Waals surface area contributed by atoms with E-state index in [0.717, 1.165) is 21.5 Å². The maximum atomic E-state index is 12.4. The lowest BCUT2D eigenvalue weighted by atomic mass is 10.2. The number of fused-ring (bicyclic) bond motifs is 1. The fourth-order valence-corrected chi connectivity index (χ4v) is 3.94. The number of nitrogens with one attached hydrogen (secondary N) is 1. The van der Waals surface area contributed by atoms with E-state index < -0.39 is 0 Å². The molecule has 118 valence electrons.